The highest BCUT2D eigenvalue weighted by Gasteiger charge is 2.39. The molecule has 1 N–H and O–H groups in total. The van der Waals surface area contributed by atoms with Crippen molar-refractivity contribution in [3.8, 4) is 17.2 Å². The number of benzene rings is 1. The van der Waals surface area contributed by atoms with Gasteiger partial charge in [0, 0.05) is 48.3 Å². The minimum Gasteiger partial charge on any atom is -0.333 e. The third-order valence-electron chi connectivity index (χ3n) is 6.43. The highest BCUT2D eigenvalue weighted by atomic mass is 32.1. The zero-order valence-corrected chi connectivity index (χ0v) is 22.4. The predicted octanol–water partition coefficient (Wildman–Crippen LogP) is 5.80. The fourth-order valence-corrected chi connectivity index (χ4v) is 5.70. The number of aromatic nitrogens is 2. The second kappa shape index (κ2) is 11.5. The number of carbonyl (C=O) groups excluding carboxylic acids is 1. The van der Waals surface area contributed by atoms with E-state index in [-0.39, 0.29) is 18.0 Å². The van der Waals surface area contributed by atoms with Crippen LogP contribution in [0.25, 0.3) is 11.1 Å². The van der Waals surface area contributed by atoms with Crippen LogP contribution < -0.4 is 5.32 Å². The zero-order valence-electron chi connectivity index (χ0n) is 21.5. The number of rotatable bonds is 8. The van der Waals surface area contributed by atoms with E-state index in [4.69, 9.17) is 0 Å². The number of fused-ring (bicyclic) bond motifs is 1. The molecule has 38 heavy (non-hydrogen) atoms. The largest absolute Gasteiger partial charge is 0.435 e. The van der Waals surface area contributed by atoms with E-state index in [9.17, 15) is 23.2 Å². The van der Waals surface area contributed by atoms with Crippen LogP contribution in [0.5, 0.6) is 0 Å². The first-order chi connectivity index (χ1) is 18.1. The number of hydrogen-bond acceptors (Lipinski definition) is 5. The van der Waals surface area contributed by atoms with E-state index >= 15 is 0 Å². The van der Waals surface area contributed by atoms with Gasteiger partial charge in [-0.2, -0.15) is 23.5 Å². The Kier molecular flexibility index (Phi) is 8.38. The number of aryl methyl sites for hydroxylation is 1. The third kappa shape index (κ3) is 6.00. The number of carbonyl (C=O) groups is 1. The van der Waals surface area contributed by atoms with Gasteiger partial charge in [-0.1, -0.05) is 44.2 Å². The fourth-order valence-electron chi connectivity index (χ4n) is 4.66. The van der Waals surface area contributed by atoms with Crippen LogP contribution >= 0.6 is 11.3 Å². The van der Waals surface area contributed by atoms with Gasteiger partial charge < -0.3 is 10.2 Å². The summed E-state index contributed by atoms with van der Waals surface area (Å²) in [6.07, 6.45) is 0.128. The summed E-state index contributed by atoms with van der Waals surface area (Å²) in [5.41, 5.74) is 1.03. The molecule has 1 aliphatic heterocycles. The molecular weight excluding hydrogens is 511 g/mol. The Morgan fingerprint density at radius 3 is 2.74 bits per heavy atom. The highest BCUT2D eigenvalue weighted by molar-refractivity contribution is 7.12. The molecule has 0 fully saturated rings. The lowest BCUT2D eigenvalue weighted by Crippen LogP contribution is -2.37. The number of nitrogens with one attached hydrogen (secondary N) is 1. The average Bonchev–Trinajstić information content (AvgIpc) is 3.52. The van der Waals surface area contributed by atoms with Crippen LogP contribution in [0.2, 0.25) is 0 Å². The van der Waals surface area contributed by atoms with E-state index < -0.39 is 17.8 Å². The van der Waals surface area contributed by atoms with Crippen molar-refractivity contribution in [2.75, 3.05) is 19.6 Å². The summed E-state index contributed by atoms with van der Waals surface area (Å²) in [6.45, 7) is 8.29. The van der Waals surface area contributed by atoms with E-state index in [1.807, 2.05) is 0 Å². The van der Waals surface area contributed by atoms with Gasteiger partial charge in [-0.3, -0.25) is 9.48 Å². The first-order valence-electron chi connectivity index (χ1n) is 12.5. The van der Waals surface area contributed by atoms with Gasteiger partial charge in [-0.15, -0.1) is 11.3 Å². The number of nitriles is 1. The summed E-state index contributed by atoms with van der Waals surface area (Å²) in [6, 6.07) is 10.9. The predicted molar refractivity (Wildman–Crippen MR) is 141 cm³/mol. The van der Waals surface area contributed by atoms with Crippen LogP contribution in [0.3, 0.4) is 0 Å². The maximum absolute atomic E-state index is 14.0. The minimum absolute atomic E-state index is 0.00630. The first-order valence-corrected chi connectivity index (χ1v) is 13.4. The molecule has 0 spiro atoms. The lowest BCUT2D eigenvalue weighted by molar-refractivity contribution is -0.141. The summed E-state index contributed by atoms with van der Waals surface area (Å²) < 4.78 is 43.2. The molecule has 3 aromatic rings. The molecule has 3 heterocycles. The van der Waals surface area contributed by atoms with Crippen molar-refractivity contribution in [3.63, 3.8) is 0 Å². The quantitative estimate of drug-likeness (QED) is 0.289. The Bertz CT molecular complexity index is 1370. The molecule has 1 aromatic carbocycles. The molecule has 10 heteroatoms. The number of halogens is 3. The molecule has 0 saturated carbocycles. The van der Waals surface area contributed by atoms with E-state index in [2.05, 4.69) is 30.3 Å². The lowest BCUT2D eigenvalue weighted by atomic mass is 9.83. The van der Waals surface area contributed by atoms with Gasteiger partial charge in [-0.05, 0) is 42.1 Å². The molecule has 6 nitrogen and oxygen atoms in total. The molecule has 0 radical (unpaired) electrons. The summed E-state index contributed by atoms with van der Waals surface area (Å²) >= 11 is 1.32. The third-order valence-corrected chi connectivity index (χ3v) is 7.47. The SMILES string of the molecule is CCn1cc(-c2ccccc2[C@@H]2CN(C(=O)/C=C/CNCC(C)C)Cc3sc(C#N)cc32)c(C(F)(F)F)n1. The van der Waals surface area contributed by atoms with Gasteiger partial charge in [-0.25, -0.2) is 0 Å². The molecule has 200 valence electrons. The minimum atomic E-state index is -4.62. The molecule has 1 atom stereocenters. The smallest absolute Gasteiger partial charge is 0.333 e. The molecule has 0 bridgehead atoms. The van der Waals surface area contributed by atoms with Crippen LogP contribution in [0, 0.1) is 17.2 Å². The normalized spacial score (nSPS) is 15.7. The van der Waals surface area contributed by atoms with Crippen molar-refractivity contribution < 1.29 is 18.0 Å². The fraction of sp³-hybridized carbons (Fsp3) is 0.393. The van der Waals surface area contributed by atoms with Crippen molar-refractivity contribution in [3.05, 3.63) is 75.3 Å². The number of nitrogens with zero attached hydrogens (tertiary/aromatic N) is 4. The number of alkyl halides is 3. The van der Waals surface area contributed by atoms with E-state index in [0.29, 0.717) is 41.6 Å². The Morgan fingerprint density at radius 2 is 2.05 bits per heavy atom. The average molecular weight is 542 g/mol. The summed E-state index contributed by atoms with van der Waals surface area (Å²) in [7, 11) is 0. The number of amides is 1. The van der Waals surface area contributed by atoms with Crippen LogP contribution in [0.4, 0.5) is 13.2 Å². The topological polar surface area (TPSA) is 74.0 Å². The maximum atomic E-state index is 14.0. The van der Waals surface area contributed by atoms with Gasteiger partial charge in [0.05, 0.1) is 6.54 Å². The van der Waals surface area contributed by atoms with E-state index in [1.54, 1.807) is 48.2 Å². The van der Waals surface area contributed by atoms with Crippen LogP contribution in [0.15, 0.2) is 48.7 Å². The molecule has 0 aliphatic carbocycles. The van der Waals surface area contributed by atoms with Gasteiger partial charge >= 0.3 is 6.18 Å². The maximum Gasteiger partial charge on any atom is 0.435 e. The number of hydrogen-bond donors (Lipinski definition) is 1. The molecule has 1 aliphatic rings. The molecule has 0 unspecified atom stereocenters. The molecule has 0 saturated heterocycles. The second-order valence-electron chi connectivity index (χ2n) is 9.66. The summed E-state index contributed by atoms with van der Waals surface area (Å²) in [5.74, 6) is -0.0714. The summed E-state index contributed by atoms with van der Waals surface area (Å²) in [5, 5.41) is 16.6. The Morgan fingerprint density at radius 1 is 1.29 bits per heavy atom. The highest BCUT2D eigenvalue weighted by Crippen LogP contribution is 2.44. The van der Waals surface area contributed by atoms with Crippen LogP contribution in [-0.4, -0.2) is 40.2 Å². The molecule has 1 amide bonds. The Balaban J connectivity index is 1.72. The standard InChI is InChI=1S/C28H30F3N5OS/c1-4-36-16-24(27(34-36)28(29,30)31)21-9-6-5-8-20(21)23-15-35(17-25-22(23)12-19(13-32)38-25)26(37)10-7-11-33-14-18(2)3/h5-10,12,16,18,23,33H,4,11,14-15,17H2,1-3H3/b10-7+/t23-/m0/s1. The van der Waals surface area contributed by atoms with Crippen molar-refractivity contribution in [2.24, 2.45) is 5.92 Å². The van der Waals surface area contributed by atoms with E-state index in [0.717, 1.165) is 17.0 Å². The molecular formula is C28H30F3N5OS. The van der Waals surface area contributed by atoms with Crippen molar-refractivity contribution in [1.29, 1.82) is 5.26 Å². The monoisotopic (exact) mass is 541 g/mol. The Labute approximate surface area is 224 Å². The van der Waals surface area contributed by atoms with Crippen molar-refractivity contribution in [1.82, 2.24) is 20.0 Å². The van der Waals surface area contributed by atoms with Crippen molar-refractivity contribution >= 4 is 17.2 Å². The zero-order chi connectivity index (χ0) is 27.4. The van der Waals surface area contributed by atoms with Gasteiger partial charge in [0.1, 0.15) is 10.9 Å². The van der Waals surface area contributed by atoms with Crippen molar-refractivity contribution in [2.45, 2.75) is 46.0 Å². The Hall–Kier alpha value is -3.42. The second-order valence-corrected chi connectivity index (χ2v) is 10.8. The molecule has 2 aromatic heterocycles. The lowest BCUT2D eigenvalue weighted by Gasteiger charge is -2.33. The van der Waals surface area contributed by atoms with Gasteiger partial charge in [0.25, 0.3) is 0 Å². The van der Waals surface area contributed by atoms with Crippen LogP contribution in [-0.2, 0) is 24.1 Å². The molecule has 4 rings (SSSR count). The van der Waals surface area contributed by atoms with Gasteiger partial charge in [0.2, 0.25) is 5.91 Å². The van der Waals surface area contributed by atoms with Gasteiger partial charge in [0.15, 0.2) is 5.69 Å². The summed E-state index contributed by atoms with van der Waals surface area (Å²) in [4.78, 5) is 16.2. The van der Waals surface area contributed by atoms with Crippen LogP contribution in [0.1, 0.15) is 53.3 Å². The first kappa shape index (κ1) is 27.6. The van der Waals surface area contributed by atoms with E-state index in [1.165, 1.54) is 28.3 Å². The number of thiophene rings is 1.